The second-order valence-corrected chi connectivity index (χ2v) is 8.43. The molecule has 28 heavy (non-hydrogen) atoms. The van der Waals surface area contributed by atoms with Gasteiger partial charge in [0.2, 0.25) is 0 Å². The zero-order valence-corrected chi connectivity index (χ0v) is 17.9. The number of aryl methyl sites for hydroxylation is 3. The molecule has 5 nitrogen and oxygen atoms in total. The third kappa shape index (κ3) is 4.66. The van der Waals surface area contributed by atoms with E-state index in [1.807, 2.05) is 49.7 Å². The molecule has 1 aromatic carbocycles. The average Bonchev–Trinajstić information content (AvgIpc) is 3.31. The quantitative estimate of drug-likeness (QED) is 0.587. The second kappa shape index (κ2) is 8.67. The number of hydrogen-bond acceptors (Lipinski definition) is 6. The highest BCUT2D eigenvalue weighted by Crippen LogP contribution is 2.29. The number of hydrogen-bond donors (Lipinski definition) is 1. The first-order valence-corrected chi connectivity index (χ1v) is 10.6. The Bertz CT molecular complexity index is 993. The summed E-state index contributed by atoms with van der Waals surface area (Å²) in [6, 6.07) is 7.87. The Morgan fingerprint density at radius 3 is 2.64 bits per heavy atom. The monoisotopic (exact) mass is 414 g/mol. The van der Waals surface area contributed by atoms with Crippen LogP contribution in [-0.2, 0) is 9.53 Å². The normalized spacial score (nSPS) is 11.9. The van der Waals surface area contributed by atoms with Gasteiger partial charge in [-0.25, -0.2) is 9.78 Å². The Morgan fingerprint density at radius 2 is 1.96 bits per heavy atom. The van der Waals surface area contributed by atoms with E-state index in [-0.39, 0.29) is 18.6 Å². The predicted molar refractivity (Wildman–Crippen MR) is 113 cm³/mol. The van der Waals surface area contributed by atoms with Crippen LogP contribution in [0.1, 0.15) is 45.0 Å². The van der Waals surface area contributed by atoms with Crippen LogP contribution in [0.4, 0.5) is 0 Å². The zero-order chi connectivity index (χ0) is 20.3. The van der Waals surface area contributed by atoms with Gasteiger partial charge in [-0.1, -0.05) is 18.2 Å². The molecule has 2 aromatic heterocycles. The summed E-state index contributed by atoms with van der Waals surface area (Å²) in [7, 11) is 0. The molecule has 0 aliphatic rings. The van der Waals surface area contributed by atoms with Gasteiger partial charge in [-0.2, -0.15) is 11.3 Å². The Labute approximate surface area is 172 Å². The number of nitrogens with one attached hydrogen (secondary N) is 1. The number of thiophene rings is 1. The maximum absolute atomic E-state index is 12.4. The zero-order valence-electron chi connectivity index (χ0n) is 16.2. The molecule has 0 saturated carbocycles. The largest absolute Gasteiger partial charge is 0.451 e. The number of ether oxygens (including phenoxy) is 1. The van der Waals surface area contributed by atoms with Crippen LogP contribution in [0.25, 0.3) is 10.6 Å². The summed E-state index contributed by atoms with van der Waals surface area (Å²) in [5.74, 6) is -0.857. The molecule has 146 valence electrons. The topological polar surface area (TPSA) is 68.3 Å². The average molecular weight is 415 g/mol. The third-order valence-electron chi connectivity index (χ3n) is 4.49. The first kappa shape index (κ1) is 20.2. The lowest BCUT2D eigenvalue weighted by atomic mass is 10.0. The lowest BCUT2D eigenvalue weighted by Crippen LogP contribution is -2.31. The van der Waals surface area contributed by atoms with E-state index in [2.05, 4.69) is 16.4 Å². The number of amides is 1. The molecule has 0 saturated heterocycles. The molecule has 3 aromatic rings. The molecule has 7 heteroatoms. The first-order valence-electron chi connectivity index (χ1n) is 8.88. The summed E-state index contributed by atoms with van der Waals surface area (Å²) >= 11 is 2.86. The third-order valence-corrected chi connectivity index (χ3v) is 6.36. The summed E-state index contributed by atoms with van der Waals surface area (Å²) in [6.07, 6.45) is 0. The van der Waals surface area contributed by atoms with E-state index >= 15 is 0 Å². The molecule has 0 fully saturated rings. The van der Waals surface area contributed by atoms with Crippen molar-refractivity contribution in [1.29, 1.82) is 0 Å². The van der Waals surface area contributed by atoms with Gasteiger partial charge in [0, 0.05) is 10.9 Å². The maximum atomic E-state index is 12.4. The van der Waals surface area contributed by atoms with E-state index in [0.717, 1.165) is 16.1 Å². The van der Waals surface area contributed by atoms with E-state index in [1.165, 1.54) is 22.5 Å². The highest BCUT2D eigenvalue weighted by molar-refractivity contribution is 7.17. The summed E-state index contributed by atoms with van der Waals surface area (Å²) in [6.45, 7) is 7.44. The number of carbonyl (C=O) groups is 2. The predicted octanol–water partition coefficient (Wildman–Crippen LogP) is 4.83. The molecule has 2 heterocycles. The van der Waals surface area contributed by atoms with Crippen LogP contribution in [0, 0.1) is 20.8 Å². The number of benzene rings is 1. The number of rotatable bonds is 6. The molecule has 1 N–H and O–H groups in total. The molecule has 1 amide bonds. The standard InChI is InChI=1S/C21H22N2O3S2/c1-12-5-6-16(9-13(12)2)14(3)22-18(24)10-26-21(25)19-15(4)23-20(28-19)17-7-8-27-11-17/h5-9,11,14H,10H2,1-4H3,(H,22,24). The van der Waals surface area contributed by atoms with Crippen LogP contribution >= 0.6 is 22.7 Å². The van der Waals surface area contributed by atoms with E-state index in [1.54, 1.807) is 18.3 Å². The Kier molecular flexibility index (Phi) is 6.26. The van der Waals surface area contributed by atoms with Gasteiger partial charge in [-0.05, 0) is 55.8 Å². The van der Waals surface area contributed by atoms with Crippen molar-refractivity contribution < 1.29 is 14.3 Å². The van der Waals surface area contributed by atoms with Crippen molar-refractivity contribution in [2.45, 2.75) is 33.7 Å². The van der Waals surface area contributed by atoms with Gasteiger partial charge in [0.1, 0.15) is 9.88 Å². The maximum Gasteiger partial charge on any atom is 0.350 e. The molecule has 0 aliphatic heterocycles. The number of aromatic nitrogens is 1. The van der Waals surface area contributed by atoms with Crippen LogP contribution in [0.15, 0.2) is 35.0 Å². The van der Waals surface area contributed by atoms with Crippen molar-refractivity contribution in [1.82, 2.24) is 10.3 Å². The van der Waals surface area contributed by atoms with Crippen molar-refractivity contribution in [3.8, 4) is 10.6 Å². The summed E-state index contributed by atoms with van der Waals surface area (Å²) in [5.41, 5.74) is 4.99. The fraction of sp³-hybridized carbons (Fsp3) is 0.286. The SMILES string of the molecule is Cc1ccc(C(C)NC(=O)COC(=O)c2sc(-c3ccsc3)nc2C)cc1C. The van der Waals surface area contributed by atoms with Gasteiger partial charge in [0.15, 0.2) is 6.61 Å². The minimum atomic E-state index is -0.523. The van der Waals surface area contributed by atoms with Crippen LogP contribution in [0.2, 0.25) is 0 Å². The van der Waals surface area contributed by atoms with Crippen LogP contribution in [-0.4, -0.2) is 23.5 Å². The molecular formula is C21H22N2O3S2. The number of nitrogens with zero attached hydrogens (tertiary/aromatic N) is 1. The van der Waals surface area contributed by atoms with Crippen LogP contribution in [0.5, 0.6) is 0 Å². The first-order chi connectivity index (χ1) is 13.3. The van der Waals surface area contributed by atoms with Gasteiger partial charge in [0.25, 0.3) is 5.91 Å². The van der Waals surface area contributed by atoms with Crippen molar-refractivity contribution in [2.24, 2.45) is 0 Å². The molecule has 1 atom stereocenters. The van der Waals surface area contributed by atoms with E-state index in [0.29, 0.717) is 10.6 Å². The number of carbonyl (C=O) groups excluding carboxylic acids is 2. The number of esters is 1. The highest BCUT2D eigenvalue weighted by Gasteiger charge is 2.19. The molecular weight excluding hydrogens is 392 g/mol. The highest BCUT2D eigenvalue weighted by atomic mass is 32.1. The molecule has 1 unspecified atom stereocenters. The van der Waals surface area contributed by atoms with Gasteiger partial charge in [0.05, 0.1) is 11.7 Å². The molecule has 0 aliphatic carbocycles. The van der Waals surface area contributed by atoms with Crippen molar-refractivity contribution >= 4 is 34.6 Å². The van der Waals surface area contributed by atoms with Crippen molar-refractivity contribution in [2.75, 3.05) is 6.61 Å². The minimum absolute atomic E-state index is 0.166. The molecule has 3 rings (SSSR count). The van der Waals surface area contributed by atoms with Gasteiger partial charge in [-0.15, -0.1) is 11.3 Å². The fourth-order valence-corrected chi connectivity index (χ4v) is 4.36. The van der Waals surface area contributed by atoms with Crippen molar-refractivity contribution in [3.05, 3.63) is 62.3 Å². The Morgan fingerprint density at radius 1 is 1.18 bits per heavy atom. The van der Waals surface area contributed by atoms with Crippen LogP contribution in [0.3, 0.4) is 0 Å². The Balaban J connectivity index is 1.57. The summed E-state index contributed by atoms with van der Waals surface area (Å²) in [4.78, 5) is 29.4. The van der Waals surface area contributed by atoms with Crippen LogP contribution < -0.4 is 5.32 Å². The molecule has 0 spiro atoms. The molecule has 0 radical (unpaired) electrons. The smallest absolute Gasteiger partial charge is 0.350 e. The number of thiazole rings is 1. The van der Waals surface area contributed by atoms with E-state index in [4.69, 9.17) is 4.74 Å². The van der Waals surface area contributed by atoms with Crippen molar-refractivity contribution in [3.63, 3.8) is 0 Å². The molecule has 0 bridgehead atoms. The lowest BCUT2D eigenvalue weighted by molar-refractivity contribution is -0.124. The van der Waals surface area contributed by atoms with Gasteiger partial charge < -0.3 is 10.1 Å². The van der Waals surface area contributed by atoms with Gasteiger partial charge in [-0.3, -0.25) is 4.79 Å². The minimum Gasteiger partial charge on any atom is -0.451 e. The summed E-state index contributed by atoms with van der Waals surface area (Å²) < 4.78 is 5.20. The summed E-state index contributed by atoms with van der Waals surface area (Å²) in [5, 5.41) is 7.59. The second-order valence-electron chi connectivity index (χ2n) is 6.65. The fourth-order valence-electron chi connectivity index (χ4n) is 2.69. The van der Waals surface area contributed by atoms with E-state index < -0.39 is 5.97 Å². The lowest BCUT2D eigenvalue weighted by Gasteiger charge is -2.15. The van der Waals surface area contributed by atoms with Gasteiger partial charge >= 0.3 is 5.97 Å². The van der Waals surface area contributed by atoms with E-state index in [9.17, 15) is 9.59 Å². The Hall–Kier alpha value is -2.51.